The zero-order valence-electron chi connectivity index (χ0n) is 14.6. The highest BCUT2D eigenvalue weighted by Gasteiger charge is 2.25. The average molecular weight is 366 g/mol. The number of aliphatic carboxylic acids is 1. The van der Waals surface area contributed by atoms with Gasteiger partial charge in [-0.2, -0.15) is 4.68 Å². The number of carboxylic acid groups (broad SMARTS) is 1. The van der Waals surface area contributed by atoms with Crippen LogP contribution >= 0.6 is 0 Å². The van der Waals surface area contributed by atoms with Crippen LogP contribution in [0.1, 0.15) is 18.5 Å². The molecule has 0 spiro atoms. The van der Waals surface area contributed by atoms with E-state index in [0.717, 1.165) is 10.2 Å². The van der Waals surface area contributed by atoms with Gasteiger partial charge < -0.3 is 10.4 Å². The molecule has 1 amide bonds. The first-order chi connectivity index (χ1) is 13.0. The molecule has 138 valence electrons. The van der Waals surface area contributed by atoms with Gasteiger partial charge in [0, 0.05) is 6.42 Å². The number of nitrogens with one attached hydrogen (secondary N) is 1. The molecular formula is C19H18N4O4. The van der Waals surface area contributed by atoms with Crippen molar-refractivity contribution in [3.8, 4) is 0 Å². The Kier molecular flexibility index (Phi) is 5.25. The Labute approximate surface area is 154 Å². The smallest absolute Gasteiger partial charge is 0.326 e. The van der Waals surface area contributed by atoms with E-state index < -0.39 is 29.5 Å². The third-order valence-electron chi connectivity index (χ3n) is 4.23. The van der Waals surface area contributed by atoms with Crippen LogP contribution in [0.4, 0.5) is 0 Å². The number of carbonyl (C=O) groups excluding carboxylic acids is 1. The van der Waals surface area contributed by atoms with Gasteiger partial charge in [-0.05, 0) is 24.6 Å². The number of hydrogen-bond acceptors (Lipinski definition) is 5. The van der Waals surface area contributed by atoms with E-state index in [4.69, 9.17) is 0 Å². The van der Waals surface area contributed by atoms with E-state index in [1.807, 2.05) is 6.07 Å². The van der Waals surface area contributed by atoms with Crippen LogP contribution in [-0.2, 0) is 16.0 Å². The van der Waals surface area contributed by atoms with Gasteiger partial charge in [-0.3, -0.25) is 9.59 Å². The van der Waals surface area contributed by atoms with Crippen LogP contribution in [-0.4, -0.2) is 38.0 Å². The van der Waals surface area contributed by atoms with Gasteiger partial charge in [0.15, 0.2) is 0 Å². The van der Waals surface area contributed by atoms with Crippen LogP contribution in [0.2, 0.25) is 0 Å². The number of nitrogens with zero attached hydrogens (tertiary/aromatic N) is 3. The molecule has 0 fully saturated rings. The minimum Gasteiger partial charge on any atom is -0.480 e. The topological polar surface area (TPSA) is 114 Å². The SMILES string of the molecule is C[C@@H](C(=O)N[C@@H](Cc1ccccc1)C(=O)O)n1nnc2ccccc2c1=O. The fourth-order valence-corrected chi connectivity index (χ4v) is 2.71. The normalized spacial score (nSPS) is 13.1. The molecule has 3 aromatic rings. The van der Waals surface area contributed by atoms with Crippen LogP contribution in [0.15, 0.2) is 59.4 Å². The van der Waals surface area contributed by atoms with Crippen molar-refractivity contribution in [2.45, 2.75) is 25.4 Å². The van der Waals surface area contributed by atoms with Crippen LogP contribution in [0, 0.1) is 0 Å². The molecule has 0 saturated heterocycles. The molecule has 1 heterocycles. The van der Waals surface area contributed by atoms with E-state index in [0.29, 0.717) is 10.9 Å². The van der Waals surface area contributed by atoms with Gasteiger partial charge in [0.25, 0.3) is 5.56 Å². The quantitative estimate of drug-likeness (QED) is 0.677. The van der Waals surface area contributed by atoms with Crippen LogP contribution in [0.3, 0.4) is 0 Å². The van der Waals surface area contributed by atoms with Gasteiger partial charge in [-0.25, -0.2) is 4.79 Å². The van der Waals surface area contributed by atoms with Crippen molar-refractivity contribution in [2.24, 2.45) is 0 Å². The summed E-state index contributed by atoms with van der Waals surface area (Å²) in [5.74, 6) is -1.78. The maximum atomic E-state index is 12.5. The van der Waals surface area contributed by atoms with E-state index in [9.17, 15) is 19.5 Å². The van der Waals surface area contributed by atoms with E-state index in [1.165, 1.54) is 6.92 Å². The monoisotopic (exact) mass is 366 g/mol. The summed E-state index contributed by atoms with van der Waals surface area (Å²) in [5.41, 5.74) is 0.748. The largest absolute Gasteiger partial charge is 0.480 e. The number of amides is 1. The molecule has 0 bridgehead atoms. The van der Waals surface area contributed by atoms with Crippen molar-refractivity contribution in [1.29, 1.82) is 0 Å². The number of hydrogen-bond donors (Lipinski definition) is 2. The summed E-state index contributed by atoms with van der Waals surface area (Å²) in [7, 11) is 0. The van der Waals surface area contributed by atoms with Crippen molar-refractivity contribution >= 4 is 22.8 Å². The van der Waals surface area contributed by atoms with E-state index >= 15 is 0 Å². The molecule has 0 unspecified atom stereocenters. The molecular weight excluding hydrogens is 348 g/mol. The van der Waals surface area contributed by atoms with Gasteiger partial charge in [-0.15, -0.1) is 5.10 Å². The molecule has 2 atom stereocenters. The molecule has 2 N–H and O–H groups in total. The second kappa shape index (κ2) is 7.77. The lowest BCUT2D eigenvalue weighted by Gasteiger charge is -2.18. The highest BCUT2D eigenvalue weighted by atomic mass is 16.4. The van der Waals surface area contributed by atoms with E-state index in [-0.39, 0.29) is 6.42 Å². The van der Waals surface area contributed by atoms with Gasteiger partial charge in [-0.1, -0.05) is 47.7 Å². The zero-order chi connectivity index (χ0) is 19.4. The summed E-state index contributed by atoms with van der Waals surface area (Å²) in [5, 5.41) is 20.0. The van der Waals surface area contributed by atoms with Crippen molar-refractivity contribution < 1.29 is 14.7 Å². The van der Waals surface area contributed by atoms with Gasteiger partial charge >= 0.3 is 5.97 Å². The van der Waals surface area contributed by atoms with Crippen molar-refractivity contribution in [2.75, 3.05) is 0 Å². The average Bonchev–Trinajstić information content (AvgIpc) is 2.68. The third-order valence-corrected chi connectivity index (χ3v) is 4.23. The summed E-state index contributed by atoms with van der Waals surface area (Å²) >= 11 is 0. The molecule has 0 aliphatic rings. The van der Waals surface area contributed by atoms with E-state index in [2.05, 4.69) is 15.6 Å². The molecule has 3 rings (SSSR count). The fraction of sp³-hybridized carbons (Fsp3) is 0.211. The van der Waals surface area contributed by atoms with Crippen molar-refractivity contribution in [3.63, 3.8) is 0 Å². The van der Waals surface area contributed by atoms with Crippen LogP contribution in [0.5, 0.6) is 0 Å². The molecule has 8 nitrogen and oxygen atoms in total. The Bertz CT molecular complexity index is 1030. The molecule has 0 radical (unpaired) electrons. The molecule has 0 aliphatic heterocycles. The molecule has 8 heteroatoms. The van der Waals surface area contributed by atoms with Crippen LogP contribution in [0.25, 0.3) is 10.9 Å². The first-order valence-electron chi connectivity index (χ1n) is 8.38. The summed E-state index contributed by atoms with van der Waals surface area (Å²) in [6.07, 6.45) is 0.132. The molecule has 0 saturated carbocycles. The number of rotatable bonds is 6. The highest BCUT2D eigenvalue weighted by molar-refractivity contribution is 5.86. The summed E-state index contributed by atoms with van der Waals surface area (Å²) in [6, 6.07) is 13.5. The van der Waals surface area contributed by atoms with Crippen molar-refractivity contribution in [1.82, 2.24) is 20.3 Å². The Hall–Kier alpha value is -3.55. The number of benzene rings is 2. The van der Waals surface area contributed by atoms with Gasteiger partial charge in [0.2, 0.25) is 5.91 Å². The number of fused-ring (bicyclic) bond motifs is 1. The lowest BCUT2D eigenvalue weighted by atomic mass is 10.1. The molecule has 1 aromatic heterocycles. The lowest BCUT2D eigenvalue weighted by Crippen LogP contribution is -2.46. The van der Waals surface area contributed by atoms with E-state index in [1.54, 1.807) is 48.5 Å². The lowest BCUT2D eigenvalue weighted by molar-refractivity contribution is -0.142. The molecule has 27 heavy (non-hydrogen) atoms. The van der Waals surface area contributed by atoms with Gasteiger partial charge in [0.1, 0.15) is 17.6 Å². The number of carbonyl (C=O) groups is 2. The maximum Gasteiger partial charge on any atom is 0.326 e. The minimum absolute atomic E-state index is 0.132. The molecule has 0 aliphatic carbocycles. The summed E-state index contributed by atoms with van der Waals surface area (Å²) < 4.78 is 0.957. The van der Waals surface area contributed by atoms with Gasteiger partial charge in [0.05, 0.1) is 5.39 Å². The third kappa shape index (κ3) is 4.00. The summed E-state index contributed by atoms with van der Waals surface area (Å²) in [6.45, 7) is 1.47. The first-order valence-corrected chi connectivity index (χ1v) is 8.38. The maximum absolute atomic E-state index is 12.5. The summed E-state index contributed by atoms with van der Waals surface area (Å²) in [4.78, 5) is 36.6. The second-order valence-electron chi connectivity index (χ2n) is 6.12. The fourth-order valence-electron chi connectivity index (χ4n) is 2.71. The standard InChI is InChI=1S/C19H18N4O4/c1-12(23-18(25)14-9-5-6-10-15(14)21-22-23)17(24)20-16(19(26)27)11-13-7-3-2-4-8-13/h2-10,12,16H,11H2,1H3,(H,20,24)(H,26,27)/t12-,16-/m0/s1. The predicted molar refractivity (Wildman–Crippen MR) is 98.2 cm³/mol. The van der Waals surface area contributed by atoms with Crippen molar-refractivity contribution in [3.05, 3.63) is 70.5 Å². The Morgan fingerprint density at radius 1 is 1.11 bits per heavy atom. The Morgan fingerprint density at radius 3 is 2.48 bits per heavy atom. The highest BCUT2D eigenvalue weighted by Crippen LogP contribution is 2.08. The van der Waals surface area contributed by atoms with Crippen LogP contribution < -0.4 is 10.9 Å². The number of carboxylic acids is 1. The Morgan fingerprint density at radius 2 is 1.78 bits per heavy atom. The second-order valence-corrected chi connectivity index (χ2v) is 6.12. The minimum atomic E-state index is -1.16. The zero-order valence-corrected chi connectivity index (χ0v) is 14.6. The first kappa shape index (κ1) is 18.2. The molecule has 2 aromatic carbocycles. The number of aromatic nitrogens is 3. The predicted octanol–water partition coefficient (Wildman–Crippen LogP) is 1.16. The Balaban J connectivity index is 1.81.